The summed E-state index contributed by atoms with van der Waals surface area (Å²) < 4.78 is 12.3. The zero-order valence-electron chi connectivity index (χ0n) is 16.5. The van der Waals surface area contributed by atoms with E-state index in [0.717, 1.165) is 21.2 Å². The van der Waals surface area contributed by atoms with Crippen LogP contribution in [0.15, 0.2) is 71.2 Å². The van der Waals surface area contributed by atoms with Crippen molar-refractivity contribution < 1.29 is 14.6 Å². The highest BCUT2D eigenvalue weighted by Crippen LogP contribution is 2.37. The van der Waals surface area contributed by atoms with Gasteiger partial charge in [0.15, 0.2) is 11.5 Å². The maximum atomic E-state index is 10.3. The Morgan fingerprint density at radius 1 is 1.07 bits per heavy atom. The van der Waals surface area contributed by atoms with Crippen molar-refractivity contribution in [2.75, 3.05) is 13.7 Å². The van der Waals surface area contributed by atoms with Crippen molar-refractivity contribution in [2.24, 2.45) is 0 Å². The lowest BCUT2D eigenvalue weighted by atomic mass is 10.1. The van der Waals surface area contributed by atoms with Gasteiger partial charge >= 0.3 is 0 Å². The molecule has 0 fully saturated rings. The summed E-state index contributed by atoms with van der Waals surface area (Å²) in [6.45, 7) is 1.38. The molecule has 1 unspecified atom stereocenters. The third-order valence-electron chi connectivity index (χ3n) is 4.47. The SMILES string of the molecule is COc1cc(CNCC(O)c2ccccc2)cc(Br)c1OCc1ccccc1Cl.Cl. The predicted molar refractivity (Wildman–Crippen MR) is 127 cm³/mol. The Morgan fingerprint density at radius 2 is 1.77 bits per heavy atom. The molecule has 0 amide bonds. The normalized spacial score (nSPS) is 11.5. The van der Waals surface area contributed by atoms with E-state index >= 15 is 0 Å². The van der Waals surface area contributed by atoms with Crippen molar-refractivity contribution in [3.05, 3.63) is 92.9 Å². The van der Waals surface area contributed by atoms with Crippen LogP contribution in [0, 0.1) is 0 Å². The molecule has 7 heteroatoms. The lowest BCUT2D eigenvalue weighted by Crippen LogP contribution is -2.21. The summed E-state index contributed by atoms with van der Waals surface area (Å²) in [4.78, 5) is 0. The average Bonchev–Trinajstić information content (AvgIpc) is 2.74. The molecule has 3 rings (SSSR count). The monoisotopic (exact) mass is 511 g/mol. The van der Waals surface area contributed by atoms with Crippen LogP contribution in [-0.4, -0.2) is 18.8 Å². The fourth-order valence-corrected chi connectivity index (χ4v) is 3.72. The van der Waals surface area contributed by atoms with E-state index in [4.69, 9.17) is 21.1 Å². The van der Waals surface area contributed by atoms with Crippen LogP contribution in [0.5, 0.6) is 11.5 Å². The molecule has 0 saturated carbocycles. The van der Waals surface area contributed by atoms with E-state index in [9.17, 15) is 5.11 Å². The smallest absolute Gasteiger partial charge is 0.175 e. The van der Waals surface area contributed by atoms with Gasteiger partial charge in [-0.2, -0.15) is 0 Å². The molecule has 30 heavy (non-hydrogen) atoms. The third-order valence-corrected chi connectivity index (χ3v) is 5.43. The second-order valence-corrected chi connectivity index (χ2v) is 7.81. The Labute approximate surface area is 196 Å². The third kappa shape index (κ3) is 6.62. The lowest BCUT2D eigenvalue weighted by Gasteiger charge is -2.16. The van der Waals surface area contributed by atoms with Gasteiger partial charge < -0.3 is 19.9 Å². The van der Waals surface area contributed by atoms with Crippen molar-refractivity contribution in [1.82, 2.24) is 5.32 Å². The molecule has 3 aromatic carbocycles. The minimum Gasteiger partial charge on any atom is -0.493 e. The second kappa shape index (κ2) is 12.2. The summed E-state index contributed by atoms with van der Waals surface area (Å²) in [7, 11) is 1.61. The molecule has 0 radical (unpaired) electrons. The Morgan fingerprint density at radius 3 is 2.47 bits per heavy atom. The predicted octanol–water partition coefficient (Wildman–Crippen LogP) is 5.94. The number of aliphatic hydroxyl groups excluding tert-OH is 1. The van der Waals surface area contributed by atoms with Crippen molar-refractivity contribution >= 4 is 39.9 Å². The summed E-state index contributed by atoms with van der Waals surface area (Å²) >= 11 is 9.78. The molecular weight excluding hydrogens is 489 g/mol. The number of hydrogen-bond acceptors (Lipinski definition) is 4. The minimum atomic E-state index is -0.556. The summed E-state index contributed by atoms with van der Waals surface area (Å²) in [5, 5.41) is 14.2. The summed E-state index contributed by atoms with van der Waals surface area (Å²) in [5.41, 5.74) is 2.81. The van der Waals surface area contributed by atoms with Gasteiger partial charge in [-0.15, -0.1) is 12.4 Å². The fraction of sp³-hybridized carbons (Fsp3) is 0.217. The van der Waals surface area contributed by atoms with Gasteiger partial charge in [-0.1, -0.05) is 60.1 Å². The van der Waals surface area contributed by atoms with E-state index in [2.05, 4.69) is 21.2 Å². The van der Waals surface area contributed by atoms with Crippen molar-refractivity contribution in [3.63, 3.8) is 0 Å². The number of halogens is 3. The number of hydrogen-bond donors (Lipinski definition) is 2. The standard InChI is InChI=1S/C23H23BrClNO3.ClH/c1-28-22-12-16(13-26-14-21(27)17-7-3-2-4-8-17)11-19(24)23(22)29-15-18-9-5-6-10-20(18)25;/h2-12,21,26-27H,13-15H2,1H3;1H. The van der Waals surface area contributed by atoms with Crippen LogP contribution < -0.4 is 14.8 Å². The zero-order chi connectivity index (χ0) is 20.6. The number of benzene rings is 3. The molecule has 0 aromatic heterocycles. The van der Waals surface area contributed by atoms with Gasteiger partial charge in [0.2, 0.25) is 0 Å². The van der Waals surface area contributed by atoms with E-state index in [1.165, 1.54) is 0 Å². The van der Waals surface area contributed by atoms with Crippen LogP contribution in [-0.2, 0) is 13.2 Å². The highest BCUT2D eigenvalue weighted by atomic mass is 79.9. The Kier molecular flexibility index (Phi) is 9.95. The summed E-state index contributed by atoms with van der Waals surface area (Å²) in [5.74, 6) is 1.26. The van der Waals surface area contributed by atoms with E-state index in [1.807, 2.05) is 66.7 Å². The molecule has 0 bridgehead atoms. The first-order valence-electron chi connectivity index (χ1n) is 9.25. The molecule has 160 valence electrons. The van der Waals surface area contributed by atoms with Gasteiger partial charge in [-0.05, 0) is 45.3 Å². The van der Waals surface area contributed by atoms with Gasteiger partial charge in [0.25, 0.3) is 0 Å². The van der Waals surface area contributed by atoms with Crippen molar-refractivity contribution in [2.45, 2.75) is 19.3 Å². The molecule has 0 saturated heterocycles. The molecule has 0 heterocycles. The molecule has 0 spiro atoms. The number of aliphatic hydroxyl groups is 1. The van der Waals surface area contributed by atoms with Gasteiger partial charge in [-0.3, -0.25) is 0 Å². The number of ether oxygens (including phenoxy) is 2. The highest BCUT2D eigenvalue weighted by Gasteiger charge is 2.13. The van der Waals surface area contributed by atoms with E-state index in [-0.39, 0.29) is 12.4 Å². The van der Waals surface area contributed by atoms with Crippen LogP contribution >= 0.6 is 39.9 Å². The first kappa shape index (κ1) is 24.5. The summed E-state index contributed by atoms with van der Waals surface area (Å²) in [6.07, 6.45) is -0.556. The average molecular weight is 513 g/mol. The molecule has 0 aliphatic heterocycles. The molecule has 2 N–H and O–H groups in total. The van der Waals surface area contributed by atoms with Crippen LogP contribution in [0.2, 0.25) is 5.02 Å². The van der Waals surface area contributed by atoms with Crippen molar-refractivity contribution in [3.8, 4) is 11.5 Å². The number of nitrogens with one attached hydrogen (secondary N) is 1. The molecule has 0 aliphatic carbocycles. The van der Waals surface area contributed by atoms with Crippen molar-refractivity contribution in [1.29, 1.82) is 0 Å². The zero-order valence-corrected chi connectivity index (χ0v) is 19.6. The Balaban J connectivity index is 0.00000320. The fourth-order valence-electron chi connectivity index (χ4n) is 2.93. The molecular formula is C23H24BrCl2NO3. The topological polar surface area (TPSA) is 50.7 Å². The number of rotatable bonds is 9. The van der Waals surface area contributed by atoms with Crippen LogP contribution in [0.1, 0.15) is 22.8 Å². The maximum absolute atomic E-state index is 10.3. The quantitative estimate of drug-likeness (QED) is 0.372. The molecule has 4 nitrogen and oxygen atoms in total. The van der Waals surface area contributed by atoms with Crippen LogP contribution in [0.25, 0.3) is 0 Å². The van der Waals surface area contributed by atoms with Gasteiger partial charge in [0.1, 0.15) is 6.61 Å². The largest absolute Gasteiger partial charge is 0.493 e. The van der Waals surface area contributed by atoms with Gasteiger partial charge in [0, 0.05) is 23.7 Å². The van der Waals surface area contributed by atoms with E-state index in [1.54, 1.807) is 7.11 Å². The number of methoxy groups -OCH3 is 1. The second-order valence-electron chi connectivity index (χ2n) is 6.55. The highest BCUT2D eigenvalue weighted by molar-refractivity contribution is 9.10. The maximum Gasteiger partial charge on any atom is 0.175 e. The van der Waals surface area contributed by atoms with Gasteiger partial charge in [0.05, 0.1) is 17.7 Å². The molecule has 3 aromatic rings. The van der Waals surface area contributed by atoms with E-state index < -0.39 is 6.10 Å². The molecule has 1 atom stereocenters. The Bertz CT molecular complexity index is 941. The van der Waals surface area contributed by atoms with Crippen LogP contribution in [0.3, 0.4) is 0 Å². The summed E-state index contributed by atoms with van der Waals surface area (Å²) in [6, 6.07) is 21.1. The first-order valence-corrected chi connectivity index (χ1v) is 10.4. The van der Waals surface area contributed by atoms with Crippen LogP contribution in [0.4, 0.5) is 0 Å². The van der Waals surface area contributed by atoms with E-state index in [0.29, 0.717) is 36.2 Å². The lowest BCUT2D eigenvalue weighted by molar-refractivity contribution is 0.174. The first-order chi connectivity index (χ1) is 14.1. The molecule has 0 aliphatic rings. The minimum absolute atomic E-state index is 0. The van der Waals surface area contributed by atoms with Gasteiger partial charge in [-0.25, -0.2) is 0 Å². The Hall–Kier alpha value is -1.76.